The third kappa shape index (κ3) is 2.12. The first-order valence-electron chi connectivity index (χ1n) is 6.11. The van der Waals surface area contributed by atoms with E-state index in [1.165, 1.54) is 11.1 Å². The molecule has 0 aliphatic rings. The number of nitrogens with zero attached hydrogens (tertiary/aromatic N) is 3. The van der Waals surface area contributed by atoms with Crippen LogP contribution in [0.3, 0.4) is 0 Å². The van der Waals surface area contributed by atoms with E-state index in [0.29, 0.717) is 12.0 Å². The first-order chi connectivity index (χ1) is 9.28. The Balaban J connectivity index is 2.06. The monoisotopic (exact) mass is 251 g/mol. The van der Waals surface area contributed by atoms with Gasteiger partial charge in [0.1, 0.15) is 5.82 Å². The standard InChI is InChI=1S/C15H13N3O/c1-11-4-2-3-5-13(11)8-15-17-16-14-7-6-12(10-19)9-18(14)15/h2-7,9-10H,8H2,1H3. The molecule has 19 heavy (non-hydrogen) atoms. The fraction of sp³-hybridized carbons (Fsp3) is 0.133. The first-order valence-corrected chi connectivity index (χ1v) is 6.11. The second-order valence-corrected chi connectivity index (χ2v) is 4.53. The van der Waals surface area contributed by atoms with Gasteiger partial charge in [0.25, 0.3) is 0 Å². The number of benzene rings is 1. The zero-order valence-electron chi connectivity index (χ0n) is 10.6. The lowest BCUT2D eigenvalue weighted by atomic mass is 10.1. The minimum atomic E-state index is 0.623. The fourth-order valence-corrected chi connectivity index (χ4v) is 2.12. The van der Waals surface area contributed by atoms with E-state index in [4.69, 9.17) is 0 Å². The van der Waals surface area contributed by atoms with Gasteiger partial charge < -0.3 is 0 Å². The van der Waals surface area contributed by atoms with Gasteiger partial charge in [0.2, 0.25) is 0 Å². The smallest absolute Gasteiger partial charge is 0.160 e. The second-order valence-electron chi connectivity index (χ2n) is 4.53. The minimum Gasteiger partial charge on any atom is -0.298 e. The van der Waals surface area contributed by atoms with Crippen LogP contribution in [0.4, 0.5) is 0 Å². The number of carbonyl (C=O) groups excluding carboxylic acids is 1. The molecule has 0 amide bonds. The highest BCUT2D eigenvalue weighted by molar-refractivity contribution is 5.74. The average molecular weight is 251 g/mol. The van der Waals surface area contributed by atoms with E-state index in [1.807, 2.05) is 16.5 Å². The van der Waals surface area contributed by atoms with E-state index in [0.717, 1.165) is 17.8 Å². The summed E-state index contributed by atoms with van der Waals surface area (Å²) in [5.41, 5.74) is 3.83. The molecule has 4 nitrogen and oxygen atoms in total. The number of hydrogen-bond acceptors (Lipinski definition) is 3. The van der Waals surface area contributed by atoms with Crippen molar-refractivity contribution in [1.29, 1.82) is 0 Å². The van der Waals surface area contributed by atoms with Gasteiger partial charge in [-0.25, -0.2) is 0 Å². The number of rotatable bonds is 3. The van der Waals surface area contributed by atoms with Gasteiger partial charge in [-0.1, -0.05) is 24.3 Å². The number of pyridine rings is 1. The molecule has 0 aliphatic carbocycles. The molecule has 1 aromatic carbocycles. The maximum Gasteiger partial charge on any atom is 0.160 e. The van der Waals surface area contributed by atoms with Crippen LogP contribution in [0.1, 0.15) is 27.3 Å². The minimum absolute atomic E-state index is 0.623. The SMILES string of the molecule is Cc1ccccc1Cc1nnc2ccc(C=O)cn12. The zero-order valence-corrected chi connectivity index (χ0v) is 10.6. The van der Waals surface area contributed by atoms with Gasteiger partial charge in [-0.15, -0.1) is 10.2 Å². The molecule has 2 heterocycles. The van der Waals surface area contributed by atoms with E-state index in [-0.39, 0.29) is 0 Å². The van der Waals surface area contributed by atoms with Gasteiger partial charge in [0, 0.05) is 18.2 Å². The van der Waals surface area contributed by atoms with Gasteiger partial charge in [0.05, 0.1) is 0 Å². The van der Waals surface area contributed by atoms with Crippen molar-refractivity contribution in [3.63, 3.8) is 0 Å². The summed E-state index contributed by atoms with van der Waals surface area (Å²) in [6.45, 7) is 2.08. The molecule has 0 aliphatic heterocycles. The Morgan fingerprint density at radius 1 is 1.16 bits per heavy atom. The van der Waals surface area contributed by atoms with E-state index in [2.05, 4.69) is 29.3 Å². The van der Waals surface area contributed by atoms with Crippen molar-refractivity contribution in [2.75, 3.05) is 0 Å². The molecular formula is C15H13N3O. The van der Waals surface area contributed by atoms with E-state index in [1.54, 1.807) is 18.3 Å². The summed E-state index contributed by atoms with van der Waals surface area (Å²) in [6.07, 6.45) is 3.31. The predicted molar refractivity (Wildman–Crippen MR) is 72.4 cm³/mol. The topological polar surface area (TPSA) is 47.3 Å². The van der Waals surface area contributed by atoms with Gasteiger partial charge in [-0.2, -0.15) is 0 Å². The van der Waals surface area contributed by atoms with Crippen molar-refractivity contribution in [2.45, 2.75) is 13.3 Å². The van der Waals surface area contributed by atoms with Crippen LogP contribution in [0.2, 0.25) is 0 Å². The van der Waals surface area contributed by atoms with Crippen molar-refractivity contribution >= 4 is 11.9 Å². The Hall–Kier alpha value is -2.49. The highest BCUT2D eigenvalue weighted by Gasteiger charge is 2.08. The van der Waals surface area contributed by atoms with Crippen molar-refractivity contribution in [1.82, 2.24) is 14.6 Å². The summed E-state index contributed by atoms with van der Waals surface area (Å²) in [6, 6.07) is 11.7. The van der Waals surface area contributed by atoms with Crippen molar-refractivity contribution in [3.05, 3.63) is 65.1 Å². The van der Waals surface area contributed by atoms with E-state index >= 15 is 0 Å². The van der Waals surface area contributed by atoms with Crippen molar-refractivity contribution < 1.29 is 4.79 Å². The molecule has 0 radical (unpaired) electrons. The second kappa shape index (κ2) is 4.65. The van der Waals surface area contributed by atoms with Gasteiger partial charge in [0.15, 0.2) is 11.9 Å². The summed E-state index contributed by atoms with van der Waals surface area (Å²) >= 11 is 0. The number of carbonyl (C=O) groups is 1. The van der Waals surface area contributed by atoms with Crippen LogP contribution >= 0.6 is 0 Å². The molecule has 0 N–H and O–H groups in total. The third-order valence-corrected chi connectivity index (χ3v) is 3.24. The molecule has 0 spiro atoms. The molecular weight excluding hydrogens is 238 g/mol. The van der Waals surface area contributed by atoms with Gasteiger partial charge >= 0.3 is 0 Å². The molecule has 0 unspecified atom stereocenters. The third-order valence-electron chi connectivity index (χ3n) is 3.24. The summed E-state index contributed by atoms with van der Waals surface area (Å²) in [5, 5.41) is 8.32. The summed E-state index contributed by atoms with van der Waals surface area (Å²) < 4.78 is 1.87. The average Bonchev–Trinajstić information content (AvgIpc) is 2.84. The van der Waals surface area contributed by atoms with Crippen molar-refractivity contribution in [2.24, 2.45) is 0 Å². The van der Waals surface area contributed by atoms with Gasteiger partial charge in [-0.3, -0.25) is 9.20 Å². The summed E-state index contributed by atoms with van der Waals surface area (Å²) in [5.74, 6) is 0.841. The van der Waals surface area contributed by atoms with Crippen LogP contribution in [-0.2, 0) is 6.42 Å². The molecule has 3 rings (SSSR count). The normalized spacial score (nSPS) is 10.8. The maximum atomic E-state index is 10.8. The lowest BCUT2D eigenvalue weighted by molar-refractivity contribution is 0.112. The Morgan fingerprint density at radius 2 is 2.00 bits per heavy atom. The molecule has 0 atom stereocenters. The summed E-state index contributed by atoms with van der Waals surface area (Å²) in [4.78, 5) is 10.8. The Bertz CT molecular complexity index is 746. The molecule has 0 fully saturated rings. The number of aryl methyl sites for hydroxylation is 1. The quantitative estimate of drug-likeness (QED) is 0.672. The van der Waals surface area contributed by atoms with E-state index < -0.39 is 0 Å². The highest BCUT2D eigenvalue weighted by atomic mass is 16.1. The first kappa shape index (κ1) is 11.6. The number of hydrogen-bond donors (Lipinski definition) is 0. The van der Waals surface area contributed by atoms with Crippen LogP contribution in [0.15, 0.2) is 42.6 Å². The van der Waals surface area contributed by atoms with Crippen LogP contribution in [0.25, 0.3) is 5.65 Å². The number of fused-ring (bicyclic) bond motifs is 1. The molecule has 94 valence electrons. The Morgan fingerprint density at radius 3 is 2.79 bits per heavy atom. The van der Waals surface area contributed by atoms with Crippen molar-refractivity contribution in [3.8, 4) is 0 Å². The fourth-order valence-electron chi connectivity index (χ4n) is 2.12. The molecule has 0 bridgehead atoms. The highest BCUT2D eigenvalue weighted by Crippen LogP contribution is 2.14. The summed E-state index contributed by atoms with van der Waals surface area (Å²) in [7, 11) is 0. The Kier molecular flexibility index (Phi) is 2.83. The lowest BCUT2D eigenvalue weighted by Crippen LogP contribution is -1.99. The van der Waals surface area contributed by atoms with Crippen LogP contribution in [0, 0.1) is 6.92 Å². The molecule has 3 aromatic rings. The van der Waals surface area contributed by atoms with Crippen LogP contribution < -0.4 is 0 Å². The molecule has 4 heteroatoms. The number of aldehydes is 1. The molecule has 0 saturated heterocycles. The van der Waals surface area contributed by atoms with Crippen LogP contribution in [-0.4, -0.2) is 20.9 Å². The van der Waals surface area contributed by atoms with Crippen LogP contribution in [0.5, 0.6) is 0 Å². The maximum absolute atomic E-state index is 10.8. The molecule has 0 saturated carbocycles. The lowest BCUT2D eigenvalue weighted by Gasteiger charge is -2.04. The Labute approximate surface area is 110 Å². The molecule has 2 aromatic heterocycles. The van der Waals surface area contributed by atoms with Gasteiger partial charge in [-0.05, 0) is 30.2 Å². The number of aromatic nitrogens is 3. The van der Waals surface area contributed by atoms with E-state index in [9.17, 15) is 4.79 Å². The zero-order chi connectivity index (χ0) is 13.2. The predicted octanol–water partition coefficient (Wildman–Crippen LogP) is 2.44. The largest absolute Gasteiger partial charge is 0.298 e.